The van der Waals surface area contributed by atoms with Gasteiger partial charge in [0.2, 0.25) is 0 Å². The summed E-state index contributed by atoms with van der Waals surface area (Å²) >= 11 is 0. The molecule has 158 valence electrons. The van der Waals surface area contributed by atoms with Crippen molar-refractivity contribution in [2.75, 3.05) is 20.2 Å². The molecule has 1 heterocycles. The molecular formula is C22H31N3O4. The molecule has 1 saturated carbocycles. The minimum atomic E-state index is -0.620. The maximum Gasteiger partial charge on any atom is 0.260 e. The number of rotatable bonds is 7. The zero-order valence-electron chi connectivity index (χ0n) is 17.3. The van der Waals surface area contributed by atoms with Crippen LogP contribution in [0, 0.1) is 11.3 Å². The van der Waals surface area contributed by atoms with Crippen LogP contribution >= 0.6 is 0 Å². The molecule has 7 heteroatoms. The van der Waals surface area contributed by atoms with Gasteiger partial charge in [-0.25, -0.2) is 5.48 Å². The maximum atomic E-state index is 11.9. The van der Waals surface area contributed by atoms with Crippen molar-refractivity contribution in [2.45, 2.75) is 69.4 Å². The summed E-state index contributed by atoms with van der Waals surface area (Å²) in [6.07, 6.45) is 6.53. The zero-order chi connectivity index (χ0) is 20.9. The summed E-state index contributed by atoms with van der Waals surface area (Å²) in [5.41, 5.74) is 2.08. The van der Waals surface area contributed by atoms with E-state index in [1.165, 1.54) is 12.8 Å². The van der Waals surface area contributed by atoms with E-state index in [0.29, 0.717) is 43.9 Å². The van der Waals surface area contributed by atoms with Crippen LogP contribution in [0.2, 0.25) is 0 Å². The smallest absolute Gasteiger partial charge is 0.260 e. The van der Waals surface area contributed by atoms with E-state index in [9.17, 15) is 10.1 Å². The highest BCUT2D eigenvalue weighted by atomic mass is 16.5. The highest BCUT2D eigenvalue weighted by molar-refractivity contribution is 5.80. The van der Waals surface area contributed by atoms with Gasteiger partial charge in [-0.1, -0.05) is 13.0 Å². The molecule has 29 heavy (non-hydrogen) atoms. The Hall–Kier alpha value is -2.30. The molecule has 1 saturated heterocycles. The average molecular weight is 402 g/mol. The molecule has 1 aromatic rings. The topological polar surface area (TPSA) is 94.8 Å². The van der Waals surface area contributed by atoms with Crippen molar-refractivity contribution in [3.63, 3.8) is 0 Å². The van der Waals surface area contributed by atoms with Gasteiger partial charge < -0.3 is 9.47 Å². The number of methoxy groups -OCH3 is 1. The van der Waals surface area contributed by atoms with Gasteiger partial charge in [-0.3, -0.25) is 14.9 Å². The van der Waals surface area contributed by atoms with Crippen molar-refractivity contribution in [1.82, 2.24) is 10.4 Å². The lowest BCUT2D eigenvalue weighted by Gasteiger charge is -2.40. The van der Waals surface area contributed by atoms with Crippen LogP contribution in [0.3, 0.4) is 0 Å². The van der Waals surface area contributed by atoms with Crippen molar-refractivity contribution >= 4 is 5.91 Å². The lowest BCUT2D eigenvalue weighted by molar-refractivity contribution is -0.135. The number of carbonyl (C=O) groups is 1. The summed E-state index contributed by atoms with van der Waals surface area (Å²) in [5, 5.41) is 19.1. The molecular weight excluding hydrogens is 370 g/mol. The Labute approximate surface area is 172 Å². The standard InChI is InChI=1S/C22H31N3O4/c1-3-18(21(26)24-27)25-12-10-22(15-23,11-13-25)16-8-9-19(28-2)20(14-16)29-17-6-4-5-7-17/h8-9,14,17-18,27H,3-7,10-13H2,1-2H3,(H,24,26). The number of piperidine rings is 1. The number of nitrogens with zero attached hydrogens (tertiary/aromatic N) is 2. The molecule has 1 aliphatic carbocycles. The van der Waals surface area contributed by atoms with E-state index >= 15 is 0 Å². The third-order valence-electron chi connectivity index (χ3n) is 6.42. The first-order valence-electron chi connectivity index (χ1n) is 10.5. The van der Waals surface area contributed by atoms with E-state index < -0.39 is 11.3 Å². The minimum Gasteiger partial charge on any atom is -0.493 e. The Bertz CT molecular complexity index is 747. The number of carbonyl (C=O) groups excluding carboxylic acids is 1. The fraction of sp³-hybridized carbons (Fsp3) is 0.636. The number of benzene rings is 1. The van der Waals surface area contributed by atoms with Crippen LogP contribution < -0.4 is 15.0 Å². The summed E-state index contributed by atoms with van der Waals surface area (Å²) in [6, 6.07) is 7.97. The molecule has 2 fully saturated rings. The van der Waals surface area contributed by atoms with Gasteiger partial charge in [0, 0.05) is 13.1 Å². The van der Waals surface area contributed by atoms with Crippen LogP contribution in [-0.2, 0) is 10.2 Å². The summed E-state index contributed by atoms with van der Waals surface area (Å²) in [4.78, 5) is 14.0. The molecule has 0 bridgehead atoms. The molecule has 3 rings (SSSR count). The maximum absolute atomic E-state index is 11.9. The van der Waals surface area contributed by atoms with Gasteiger partial charge in [-0.05, 0) is 62.6 Å². The average Bonchev–Trinajstić information content (AvgIpc) is 3.27. The van der Waals surface area contributed by atoms with E-state index in [1.807, 2.05) is 30.0 Å². The molecule has 0 radical (unpaired) electrons. The highest BCUT2D eigenvalue weighted by Crippen LogP contribution is 2.40. The molecule has 1 aliphatic heterocycles. The van der Waals surface area contributed by atoms with Crippen molar-refractivity contribution in [1.29, 1.82) is 5.26 Å². The Kier molecular flexibility index (Phi) is 6.99. The van der Waals surface area contributed by atoms with E-state index in [0.717, 1.165) is 18.4 Å². The quantitative estimate of drug-likeness (QED) is 0.538. The zero-order valence-corrected chi connectivity index (χ0v) is 17.3. The van der Waals surface area contributed by atoms with E-state index in [2.05, 4.69) is 6.07 Å². The molecule has 1 atom stereocenters. The van der Waals surface area contributed by atoms with Gasteiger partial charge in [-0.2, -0.15) is 5.26 Å². The van der Waals surface area contributed by atoms with Gasteiger partial charge in [0.15, 0.2) is 11.5 Å². The fourth-order valence-electron chi connectivity index (χ4n) is 4.62. The number of ether oxygens (including phenoxy) is 2. The van der Waals surface area contributed by atoms with Crippen LogP contribution in [-0.4, -0.2) is 48.4 Å². The fourth-order valence-corrected chi connectivity index (χ4v) is 4.62. The Morgan fingerprint density at radius 2 is 2.03 bits per heavy atom. The van der Waals surface area contributed by atoms with Crippen LogP contribution in [0.15, 0.2) is 18.2 Å². The van der Waals surface area contributed by atoms with Crippen molar-refractivity contribution in [3.8, 4) is 17.6 Å². The molecule has 1 amide bonds. The van der Waals surface area contributed by atoms with Gasteiger partial charge >= 0.3 is 0 Å². The van der Waals surface area contributed by atoms with Crippen molar-refractivity contribution in [2.24, 2.45) is 0 Å². The first kappa shape index (κ1) is 21.4. The largest absolute Gasteiger partial charge is 0.493 e. The number of hydroxylamine groups is 1. The van der Waals surface area contributed by atoms with Crippen LogP contribution in [0.5, 0.6) is 11.5 Å². The summed E-state index contributed by atoms with van der Waals surface area (Å²) in [6.45, 7) is 3.15. The summed E-state index contributed by atoms with van der Waals surface area (Å²) in [7, 11) is 1.63. The van der Waals surface area contributed by atoms with E-state index in [1.54, 1.807) is 12.6 Å². The Morgan fingerprint density at radius 3 is 2.59 bits per heavy atom. The van der Waals surface area contributed by atoms with Crippen LogP contribution in [0.25, 0.3) is 0 Å². The molecule has 0 aromatic heterocycles. The first-order chi connectivity index (χ1) is 14.1. The normalized spacial score (nSPS) is 20.6. The van der Waals surface area contributed by atoms with Crippen molar-refractivity contribution < 1.29 is 19.5 Å². The third-order valence-corrected chi connectivity index (χ3v) is 6.42. The van der Waals surface area contributed by atoms with E-state index in [4.69, 9.17) is 14.7 Å². The van der Waals surface area contributed by atoms with Crippen molar-refractivity contribution in [3.05, 3.63) is 23.8 Å². The van der Waals surface area contributed by atoms with Gasteiger partial charge in [0.05, 0.1) is 30.7 Å². The van der Waals surface area contributed by atoms with Crippen LogP contribution in [0.4, 0.5) is 0 Å². The molecule has 2 aliphatic rings. The van der Waals surface area contributed by atoms with E-state index in [-0.39, 0.29) is 12.1 Å². The van der Waals surface area contributed by atoms with Gasteiger partial charge in [-0.15, -0.1) is 0 Å². The highest BCUT2D eigenvalue weighted by Gasteiger charge is 2.39. The Balaban J connectivity index is 1.79. The molecule has 0 spiro atoms. The second kappa shape index (κ2) is 9.47. The van der Waals surface area contributed by atoms with Gasteiger partial charge in [0.25, 0.3) is 5.91 Å². The summed E-state index contributed by atoms with van der Waals surface area (Å²) in [5.74, 6) is 1.01. The number of likely N-dealkylation sites (tertiary alicyclic amines) is 1. The SMILES string of the molecule is CCC(C(=O)NO)N1CCC(C#N)(c2ccc(OC)c(OC3CCCC3)c2)CC1. The number of nitriles is 1. The second-order valence-electron chi connectivity index (χ2n) is 8.02. The summed E-state index contributed by atoms with van der Waals surface area (Å²) < 4.78 is 11.7. The van der Waals surface area contributed by atoms with Crippen LogP contribution in [0.1, 0.15) is 57.4 Å². The molecule has 1 aromatic carbocycles. The monoisotopic (exact) mass is 401 g/mol. The predicted octanol–water partition coefficient (Wildman–Crippen LogP) is 3.16. The minimum absolute atomic E-state index is 0.210. The number of hydrogen-bond acceptors (Lipinski definition) is 6. The number of nitrogens with one attached hydrogen (secondary N) is 1. The van der Waals surface area contributed by atoms with Gasteiger partial charge in [0.1, 0.15) is 0 Å². The predicted molar refractivity (Wildman–Crippen MR) is 108 cm³/mol. The lowest BCUT2D eigenvalue weighted by atomic mass is 9.73. The molecule has 7 nitrogen and oxygen atoms in total. The Morgan fingerprint density at radius 1 is 1.34 bits per heavy atom. The third kappa shape index (κ3) is 4.49. The molecule has 2 N–H and O–H groups in total. The first-order valence-corrected chi connectivity index (χ1v) is 10.5. The number of hydrogen-bond donors (Lipinski definition) is 2. The lowest BCUT2D eigenvalue weighted by Crippen LogP contribution is -2.51. The second-order valence-corrected chi connectivity index (χ2v) is 8.02. The molecule has 1 unspecified atom stereocenters. The number of amides is 1.